The van der Waals surface area contributed by atoms with Gasteiger partial charge in [0.15, 0.2) is 0 Å². The highest BCUT2D eigenvalue weighted by Crippen LogP contribution is 2.37. The van der Waals surface area contributed by atoms with Gasteiger partial charge in [-0.1, -0.05) is 18.2 Å². The first kappa shape index (κ1) is 9.39. The summed E-state index contributed by atoms with van der Waals surface area (Å²) in [5.74, 6) is -2.85. The molecule has 1 aromatic carbocycles. The van der Waals surface area contributed by atoms with Gasteiger partial charge in [-0.2, -0.15) is 0 Å². The van der Waals surface area contributed by atoms with Crippen LogP contribution in [0.1, 0.15) is 5.56 Å². The van der Waals surface area contributed by atoms with Crippen molar-refractivity contribution in [1.82, 2.24) is 0 Å². The SMILES string of the molecule is O=C(O)C1(C(=O)O)C=Nc2ccccc21. The van der Waals surface area contributed by atoms with Crippen molar-refractivity contribution in [2.24, 2.45) is 4.99 Å². The molecule has 0 saturated carbocycles. The van der Waals surface area contributed by atoms with E-state index in [0.29, 0.717) is 5.69 Å². The number of carboxylic acids is 2. The molecular weight excluding hydrogens is 198 g/mol. The number of aliphatic carboxylic acids is 2. The molecule has 0 aromatic heterocycles. The number of hydrogen-bond donors (Lipinski definition) is 2. The van der Waals surface area contributed by atoms with E-state index in [4.69, 9.17) is 10.2 Å². The van der Waals surface area contributed by atoms with Crippen molar-refractivity contribution in [3.63, 3.8) is 0 Å². The molecule has 0 radical (unpaired) electrons. The topological polar surface area (TPSA) is 87.0 Å². The summed E-state index contributed by atoms with van der Waals surface area (Å²) in [6, 6.07) is 6.31. The van der Waals surface area contributed by atoms with Crippen LogP contribution in [0.25, 0.3) is 0 Å². The van der Waals surface area contributed by atoms with Crippen molar-refractivity contribution in [2.75, 3.05) is 0 Å². The zero-order chi connectivity index (χ0) is 11.1. The molecule has 5 heteroatoms. The van der Waals surface area contributed by atoms with Gasteiger partial charge < -0.3 is 10.2 Å². The maximum atomic E-state index is 11.1. The summed E-state index contributed by atoms with van der Waals surface area (Å²) in [7, 11) is 0. The van der Waals surface area contributed by atoms with Gasteiger partial charge in [0.05, 0.1) is 5.69 Å². The fourth-order valence-electron chi connectivity index (χ4n) is 1.59. The molecule has 0 saturated heterocycles. The van der Waals surface area contributed by atoms with Crippen LogP contribution in [0.3, 0.4) is 0 Å². The summed E-state index contributed by atoms with van der Waals surface area (Å²) in [5, 5.41) is 18.0. The van der Waals surface area contributed by atoms with E-state index >= 15 is 0 Å². The lowest BCUT2D eigenvalue weighted by Crippen LogP contribution is -2.43. The van der Waals surface area contributed by atoms with E-state index in [-0.39, 0.29) is 5.56 Å². The molecule has 1 aliphatic heterocycles. The molecule has 0 spiro atoms. The lowest BCUT2D eigenvalue weighted by atomic mass is 9.83. The normalized spacial score (nSPS) is 16.0. The summed E-state index contributed by atoms with van der Waals surface area (Å²) >= 11 is 0. The van der Waals surface area contributed by atoms with E-state index in [9.17, 15) is 9.59 Å². The van der Waals surface area contributed by atoms with E-state index in [2.05, 4.69) is 4.99 Å². The van der Waals surface area contributed by atoms with Gasteiger partial charge in [-0.25, -0.2) is 0 Å². The Kier molecular flexibility index (Phi) is 1.82. The molecular formula is C10H7NO4. The number of hydrogen-bond acceptors (Lipinski definition) is 3. The number of nitrogens with zero attached hydrogens (tertiary/aromatic N) is 1. The zero-order valence-corrected chi connectivity index (χ0v) is 7.54. The highest BCUT2D eigenvalue weighted by atomic mass is 16.4. The molecule has 15 heavy (non-hydrogen) atoms. The Balaban J connectivity index is 2.70. The van der Waals surface area contributed by atoms with Crippen LogP contribution in [0.2, 0.25) is 0 Å². The van der Waals surface area contributed by atoms with Gasteiger partial charge in [0, 0.05) is 11.8 Å². The number of benzene rings is 1. The molecule has 5 nitrogen and oxygen atoms in total. The van der Waals surface area contributed by atoms with Crippen molar-refractivity contribution in [2.45, 2.75) is 5.41 Å². The van der Waals surface area contributed by atoms with E-state index in [1.54, 1.807) is 18.2 Å². The first-order chi connectivity index (χ1) is 7.09. The minimum atomic E-state index is -2.03. The molecule has 0 aliphatic carbocycles. The first-order valence-corrected chi connectivity index (χ1v) is 4.20. The van der Waals surface area contributed by atoms with Gasteiger partial charge in [0.25, 0.3) is 0 Å². The van der Waals surface area contributed by atoms with Crippen LogP contribution in [-0.2, 0) is 15.0 Å². The Bertz CT molecular complexity index is 464. The highest BCUT2D eigenvalue weighted by molar-refractivity contribution is 6.22. The molecule has 0 atom stereocenters. The summed E-state index contributed by atoms with van der Waals surface area (Å²) in [5.41, 5.74) is -1.44. The minimum Gasteiger partial charge on any atom is -0.480 e. The van der Waals surface area contributed by atoms with Crippen molar-refractivity contribution in [1.29, 1.82) is 0 Å². The van der Waals surface area contributed by atoms with Crippen LogP contribution in [0.5, 0.6) is 0 Å². The number of para-hydroxylation sites is 1. The molecule has 0 fully saturated rings. The zero-order valence-electron chi connectivity index (χ0n) is 7.54. The quantitative estimate of drug-likeness (QED) is 0.699. The third kappa shape index (κ3) is 1.06. The number of carboxylic acid groups (broad SMARTS) is 2. The molecule has 1 aromatic rings. The Labute approximate surface area is 84.7 Å². The van der Waals surface area contributed by atoms with Crippen molar-refractivity contribution >= 4 is 23.8 Å². The fourth-order valence-corrected chi connectivity index (χ4v) is 1.59. The monoisotopic (exact) mass is 205 g/mol. The van der Waals surface area contributed by atoms with E-state index in [1.807, 2.05) is 0 Å². The van der Waals surface area contributed by atoms with Crippen LogP contribution in [-0.4, -0.2) is 28.4 Å². The van der Waals surface area contributed by atoms with E-state index in [0.717, 1.165) is 6.21 Å². The molecule has 2 N–H and O–H groups in total. The Hall–Kier alpha value is -2.17. The van der Waals surface area contributed by atoms with Gasteiger partial charge in [0.1, 0.15) is 0 Å². The third-order valence-corrected chi connectivity index (χ3v) is 2.40. The van der Waals surface area contributed by atoms with Crippen molar-refractivity contribution < 1.29 is 19.8 Å². The number of carbonyl (C=O) groups is 2. The molecule has 1 aliphatic rings. The average molecular weight is 205 g/mol. The predicted octanol–water partition coefficient (Wildman–Crippen LogP) is 0.809. The standard InChI is InChI=1S/C10H7NO4/c12-8(13)10(9(14)15)5-11-7-4-2-1-3-6(7)10/h1-5H,(H,12,13)(H,14,15). The number of rotatable bonds is 2. The van der Waals surface area contributed by atoms with Crippen LogP contribution in [0, 0.1) is 0 Å². The summed E-state index contributed by atoms with van der Waals surface area (Å²) < 4.78 is 0. The minimum absolute atomic E-state index is 0.199. The van der Waals surface area contributed by atoms with Crippen molar-refractivity contribution in [3.8, 4) is 0 Å². The second-order valence-corrected chi connectivity index (χ2v) is 3.19. The third-order valence-electron chi connectivity index (χ3n) is 2.40. The fraction of sp³-hybridized carbons (Fsp3) is 0.100. The summed E-state index contributed by atoms with van der Waals surface area (Å²) in [6.45, 7) is 0. The lowest BCUT2D eigenvalue weighted by molar-refractivity contribution is -0.153. The van der Waals surface area contributed by atoms with Gasteiger partial charge in [-0.15, -0.1) is 0 Å². The Morgan fingerprint density at radius 2 is 1.73 bits per heavy atom. The van der Waals surface area contributed by atoms with Crippen LogP contribution < -0.4 is 0 Å². The first-order valence-electron chi connectivity index (χ1n) is 4.20. The van der Waals surface area contributed by atoms with E-state index < -0.39 is 17.4 Å². The molecule has 0 bridgehead atoms. The average Bonchev–Trinajstić information content (AvgIpc) is 2.57. The second-order valence-electron chi connectivity index (χ2n) is 3.19. The number of aliphatic imine (C=N–C) groups is 1. The van der Waals surface area contributed by atoms with Gasteiger partial charge in [-0.3, -0.25) is 14.6 Å². The van der Waals surface area contributed by atoms with Crippen LogP contribution in [0.15, 0.2) is 29.3 Å². The molecule has 0 amide bonds. The molecule has 2 rings (SSSR count). The van der Waals surface area contributed by atoms with E-state index in [1.165, 1.54) is 6.07 Å². The maximum Gasteiger partial charge on any atom is 0.331 e. The molecule has 1 heterocycles. The predicted molar refractivity (Wildman–Crippen MR) is 51.5 cm³/mol. The lowest BCUT2D eigenvalue weighted by Gasteiger charge is -2.16. The summed E-state index contributed by atoms with van der Waals surface area (Å²) in [4.78, 5) is 25.9. The molecule has 76 valence electrons. The second kappa shape index (κ2) is 2.91. The Morgan fingerprint density at radius 3 is 2.33 bits per heavy atom. The maximum absolute atomic E-state index is 11.1. The summed E-state index contributed by atoms with van der Waals surface area (Å²) in [6.07, 6.45) is 0.961. The largest absolute Gasteiger partial charge is 0.480 e. The van der Waals surface area contributed by atoms with Crippen LogP contribution >= 0.6 is 0 Å². The van der Waals surface area contributed by atoms with Gasteiger partial charge in [-0.05, 0) is 6.07 Å². The van der Waals surface area contributed by atoms with Crippen molar-refractivity contribution in [3.05, 3.63) is 29.8 Å². The highest BCUT2D eigenvalue weighted by Gasteiger charge is 2.51. The number of fused-ring (bicyclic) bond motifs is 1. The Morgan fingerprint density at radius 1 is 1.13 bits per heavy atom. The molecule has 0 unspecified atom stereocenters. The van der Waals surface area contributed by atoms with Gasteiger partial charge in [0.2, 0.25) is 5.41 Å². The smallest absolute Gasteiger partial charge is 0.331 e. The van der Waals surface area contributed by atoms with Crippen LogP contribution in [0.4, 0.5) is 5.69 Å². The van der Waals surface area contributed by atoms with Gasteiger partial charge >= 0.3 is 11.9 Å².